The summed E-state index contributed by atoms with van der Waals surface area (Å²) in [6, 6.07) is 0.355. The number of nitrogens with one attached hydrogen (secondary N) is 1. The zero-order chi connectivity index (χ0) is 7.40. The maximum Gasteiger partial charge on any atom is 0.0616 e. The Labute approximate surface area is 61.4 Å². The first-order valence-corrected chi connectivity index (χ1v) is 3.73. The number of hydrogen-bond donors (Lipinski definition) is 2. The quantitative estimate of drug-likeness (QED) is 0.563. The van der Waals surface area contributed by atoms with E-state index >= 15 is 0 Å². The number of rotatable bonds is 2. The van der Waals surface area contributed by atoms with Crippen molar-refractivity contribution < 1.29 is 9.84 Å². The molecule has 0 aromatic rings. The smallest absolute Gasteiger partial charge is 0.0616 e. The van der Waals surface area contributed by atoms with Gasteiger partial charge >= 0.3 is 0 Å². The van der Waals surface area contributed by atoms with E-state index in [2.05, 4.69) is 5.32 Å². The number of aliphatic hydroxyl groups is 1. The highest BCUT2D eigenvalue weighted by molar-refractivity contribution is 4.76. The van der Waals surface area contributed by atoms with Crippen molar-refractivity contribution in [1.29, 1.82) is 0 Å². The first kappa shape index (κ1) is 7.98. The zero-order valence-electron chi connectivity index (χ0n) is 6.34. The maximum atomic E-state index is 9.21. The highest BCUT2D eigenvalue weighted by Crippen LogP contribution is 2.07. The standard InChI is InChI=1S/C7H15NO2/c1-10-5-6-4-7(9)2-3-8-6/h6-9H,2-5H2,1H3/t6-,7+/m1/s1. The van der Waals surface area contributed by atoms with Crippen molar-refractivity contribution in [2.75, 3.05) is 20.3 Å². The van der Waals surface area contributed by atoms with E-state index in [0.29, 0.717) is 12.6 Å². The topological polar surface area (TPSA) is 41.5 Å². The van der Waals surface area contributed by atoms with Gasteiger partial charge in [0.1, 0.15) is 0 Å². The van der Waals surface area contributed by atoms with E-state index in [-0.39, 0.29) is 6.10 Å². The van der Waals surface area contributed by atoms with Gasteiger partial charge in [-0.2, -0.15) is 0 Å². The van der Waals surface area contributed by atoms with Gasteiger partial charge in [0.15, 0.2) is 0 Å². The van der Waals surface area contributed by atoms with Gasteiger partial charge in [0.05, 0.1) is 12.7 Å². The second-order valence-electron chi connectivity index (χ2n) is 2.78. The van der Waals surface area contributed by atoms with Crippen LogP contribution in [0.2, 0.25) is 0 Å². The van der Waals surface area contributed by atoms with Crippen molar-refractivity contribution >= 4 is 0 Å². The van der Waals surface area contributed by atoms with Crippen LogP contribution in [0, 0.1) is 0 Å². The predicted octanol–water partition coefficient (Wildman–Crippen LogP) is -0.254. The molecule has 0 radical (unpaired) electrons. The summed E-state index contributed by atoms with van der Waals surface area (Å²) in [6.45, 7) is 1.62. The lowest BCUT2D eigenvalue weighted by Crippen LogP contribution is -2.42. The minimum atomic E-state index is -0.124. The molecule has 2 atom stereocenters. The Bertz CT molecular complexity index is 95.6. The molecule has 10 heavy (non-hydrogen) atoms. The van der Waals surface area contributed by atoms with Crippen LogP contribution < -0.4 is 5.32 Å². The van der Waals surface area contributed by atoms with E-state index in [1.807, 2.05) is 0 Å². The third-order valence-electron chi connectivity index (χ3n) is 1.84. The van der Waals surface area contributed by atoms with E-state index in [1.165, 1.54) is 0 Å². The minimum Gasteiger partial charge on any atom is -0.393 e. The molecule has 0 aromatic carbocycles. The molecule has 1 heterocycles. The first-order valence-electron chi connectivity index (χ1n) is 3.73. The van der Waals surface area contributed by atoms with Crippen molar-refractivity contribution in [3.63, 3.8) is 0 Å². The summed E-state index contributed by atoms with van der Waals surface area (Å²) in [5.74, 6) is 0. The van der Waals surface area contributed by atoms with Gasteiger partial charge in [-0.25, -0.2) is 0 Å². The largest absolute Gasteiger partial charge is 0.393 e. The van der Waals surface area contributed by atoms with Crippen molar-refractivity contribution in [2.24, 2.45) is 0 Å². The van der Waals surface area contributed by atoms with Crippen LogP contribution in [0.25, 0.3) is 0 Å². The monoisotopic (exact) mass is 145 g/mol. The van der Waals surface area contributed by atoms with E-state index < -0.39 is 0 Å². The lowest BCUT2D eigenvalue weighted by atomic mass is 10.0. The van der Waals surface area contributed by atoms with Crippen molar-refractivity contribution in [3.8, 4) is 0 Å². The van der Waals surface area contributed by atoms with Crippen molar-refractivity contribution in [1.82, 2.24) is 5.32 Å². The van der Waals surface area contributed by atoms with E-state index in [1.54, 1.807) is 7.11 Å². The second kappa shape index (κ2) is 3.91. The summed E-state index contributed by atoms with van der Waals surface area (Å²) in [5.41, 5.74) is 0. The molecule has 1 saturated heterocycles. The number of piperidine rings is 1. The molecule has 0 aromatic heterocycles. The first-order chi connectivity index (χ1) is 4.83. The molecule has 0 amide bonds. The number of methoxy groups -OCH3 is 1. The second-order valence-corrected chi connectivity index (χ2v) is 2.78. The molecule has 0 aliphatic carbocycles. The van der Waals surface area contributed by atoms with Gasteiger partial charge in [-0.05, 0) is 19.4 Å². The van der Waals surface area contributed by atoms with Crippen LogP contribution in [0.15, 0.2) is 0 Å². The molecular formula is C7H15NO2. The molecule has 0 bridgehead atoms. The van der Waals surface area contributed by atoms with Gasteiger partial charge < -0.3 is 15.2 Å². The predicted molar refractivity (Wildman–Crippen MR) is 38.9 cm³/mol. The number of aliphatic hydroxyl groups excluding tert-OH is 1. The minimum absolute atomic E-state index is 0.124. The molecule has 1 rings (SSSR count). The lowest BCUT2D eigenvalue weighted by Gasteiger charge is -2.26. The van der Waals surface area contributed by atoms with Gasteiger partial charge in [0.2, 0.25) is 0 Å². The van der Waals surface area contributed by atoms with Crippen LogP contribution in [0.3, 0.4) is 0 Å². The summed E-state index contributed by atoms with van der Waals surface area (Å²) >= 11 is 0. The third kappa shape index (κ3) is 2.25. The molecule has 1 aliphatic rings. The normalized spacial score (nSPS) is 34.2. The molecule has 2 N–H and O–H groups in total. The average molecular weight is 145 g/mol. The SMILES string of the molecule is COC[C@H]1C[C@@H](O)CCN1. The molecule has 1 aliphatic heterocycles. The van der Waals surface area contributed by atoms with Gasteiger partial charge in [0, 0.05) is 13.2 Å². The lowest BCUT2D eigenvalue weighted by molar-refractivity contribution is 0.0812. The Morgan fingerprint density at radius 1 is 1.70 bits per heavy atom. The summed E-state index contributed by atoms with van der Waals surface area (Å²) in [7, 11) is 1.68. The highest BCUT2D eigenvalue weighted by Gasteiger charge is 2.18. The molecule has 1 fully saturated rings. The molecule has 0 spiro atoms. The fourth-order valence-electron chi connectivity index (χ4n) is 1.31. The number of hydrogen-bond acceptors (Lipinski definition) is 3. The summed E-state index contributed by atoms with van der Waals surface area (Å²) in [6.07, 6.45) is 1.58. The Morgan fingerprint density at radius 3 is 3.10 bits per heavy atom. The molecule has 3 heteroatoms. The Kier molecular flexibility index (Phi) is 3.12. The van der Waals surface area contributed by atoms with Crippen molar-refractivity contribution in [2.45, 2.75) is 25.0 Å². The van der Waals surface area contributed by atoms with Crippen LogP contribution in [-0.4, -0.2) is 37.5 Å². The molecular weight excluding hydrogens is 130 g/mol. The average Bonchev–Trinajstić information content (AvgIpc) is 1.88. The van der Waals surface area contributed by atoms with Gasteiger partial charge in [-0.1, -0.05) is 0 Å². The summed E-state index contributed by atoms with van der Waals surface area (Å²) in [4.78, 5) is 0. The Morgan fingerprint density at radius 2 is 2.50 bits per heavy atom. The van der Waals surface area contributed by atoms with Gasteiger partial charge in [-0.15, -0.1) is 0 Å². The van der Waals surface area contributed by atoms with E-state index in [9.17, 15) is 5.11 Å². The molecule has 60 valence electrons. The maximum absolute atomic E-state index is 9.21. The van der Waals surface area contributed by atoms with Crippen LogP contribution in [0.5, 0.6) is 0 Å². The third-order valence-corrected chi connectivity index (χ3v) is 1.84. The van der Waals surface area contributed by atoms with Crippen molar-refractivity contribution in [3.05, 3.63) is 0 Å². The molecule has 0 saturated carbocycles. The fourth-order valence-corrected chi connectivity index (χ4v) is 1.31. The zero-order valence-corrected chi connectivity index (χ0v) is 6.34. The number of ether oxygens (including phenoxy) is 1. The fraction of sp³-hybridized carbons (Fsp3) is 1.00. The molecule has 3 nitrogen and oxygen atoms in total. The molecule has 0 unspecified atom stereocenters. The highest BCUT2D eigenvalue weighted by atomic mass is 16.5. The van der Waals surface area contributed by atoms with Crippen LogP contribution in [-0.2, 0) is 4.74 Å². The summed E-state index contributed by atoms with van der Waals surface area (Å²) < 4.78 is 4.96. The van der Waals surface area contributed by atoms with Crippen LogP contribution in [0.4, 0.5) is 0 Å². The Hall–Kier alpha value is -0.120. The Balaban J connectivity index is 2.18. The van der Waals surface area contributed by atoms with Crippen LogP contribution >= 0.6 is 0 Å². The van der Waals surface area contributed by atoms with E-state index in [4.69, 9.17) is 4.74 Å². The van der Waals surface area contributed by atoms with Crippen LogP contribution in [0.1, 0.15) is 12.8 Å². The van der Waals surface area contributed by atoms with Gasteiger partial charge in [-0.3, -0.25) is 0 Å². The van der Waals surface area contributed by atoms with Gasteiger partial charge in [0.25, 0.3) is 0 Å². The summed E-state index contributed by atoms with van der Waals surface area (Å²) in [5, 5.41) is 12.5. The van der Waals surface area contributed by atoms with E-state index in [0.717, 1.165) is 19.4 Å².